The highest BCUT2D eigenvalue weighted by Gasteiger charge is 2.25. The summed E-state index contributed by atoms with van der Waals surface area (Å²) in [6.45, 7) is 5.26. The molecule has 0 heterocycles. The number of hydrogen-bond donors (Lipinski definition) is 1. The lowest BCUT2D eigenvalue weighted by molar-refractivity contribution is 0.0696. The molecule has 1 aromatic carbocycles. The van der Waals surface area contributed by atoms with Gasteiger partial charge in [-0.05, 0) is 19.1 Å². The van der Waals surface area contributed by atoms with E-state index in [-0.39, 0.29) is 6.54 Å². The van der Waals surface area contributed by atoms with Gasteiger partial charge in [-0.25, -0.2) is 17.6 Å². The zero-order chi connectivity index (χ0) is 15.7. The summed E-state index contributed by atoms with van der Waals surface area (Å²) >= 11 is 5.50. The predicted molar refractivity (Wildman–Crippen MR) is 73.0 cm³/mol. The van der Waals surface area contributed by atoms with Crippen LogP contribution in [0, 0.1) is 5.82 Å². The summed E-state index contributed by atoms with van der Waals surface area (Å²) in [7, 11) is -2.73. The van der Waals surface area contributed by atoms with Crippen LogP contribution in [0.5, 0.6) is 0 Å². The van der Waals surface area contributed by atoms with E-state index in [1.807, 2.05) is 0 Å². The van der Waals surface area contributed by atoms with Gasteiger partial charge in [0.2, 0.25) is 10.0 Å². The van der Waals surface area contributed by atoms with Gasteiger partial charge in [-0.3, -0.25) is 0 Å². The zero-order valence-electron chi connectivity index (χ0n) is 10.9. The van der Waals surface area contributed by atoms with Crippen molar-refractivity contribution in [2.45, 2.75) is 11.8 Å². The van der Waals surface area contributed by atoms with Crippen LogP contribution in [0.2, 0.25) is 5.02 Å². The SMILES string of the molecule is C=C(C)CN(C)S(=O)(=O)c1cc(F)c(Cl)c(C(=O)O)c1. The Labute approximate surface area is 121 Å². The van der Waals surface area contributed by atoms with Crippen molar-refractivity contribution >= 4 is 27.6 Å². The molecule has 8 heteroatoms. The summed E-state index contributed by atoms with van der Waals surface area (Å²) in [5.41, 5.74) is -0.0158. The maximum atomic E-state index is 13.6. The normalized spacial score (nSPS) is 11.7. The minimum Gasteiger partial charge on any atom is -0.478 e. The van der Waals surface area contributed by atoms with E-state index < -0.39 is 37.3 Å². The zero-order valence-corrected chi connectivity index (χ0v) is 12.4. The Morgan fingerprint density at radius 2 is 2.05 bits per heavy atom. The molecule has 0 aromatic heterocycles. The van der Waals surface area contributed by atoms with Crippen molar-refractivity contribution in [3.63, 3.8) is 0 Å². The van der Waals surface area contributed by atoms with Gasteiger partial charge in [-0.1, -0.05) is 23.8 Å². The highest BCUT2D eigenvalue weighted by molar-refractivity contribution is 7.89. The lowest BCUT2D eigenvalue weighted by Crippen LogP contribution is -2.28. The van der Waals surface area contributed by atoms with E-state index in [2.05, 4.69) is 6.58 Å². The molecule has 5 nitrogen and oxygen atoms in total. The molecule has 0 bridgehead atoms. The number of nitrogens with zero attached hydrogens (tertiary/aromatic N) is 1. The van der Waals surface area contributed by atoms with E-state index in [9.17, 15) is 17.6 Å². The van der Waals surface area contributed by atoms with Crippen LogP contribution in [-0.2, 0) is 10.0 Å². The summed E-state index contributed by atoms with van der Waals surface area (Å²) in [6.07, 6.45) is 0. The third-order valence-electron chi connectivity index (χ3n) is 2.43. The Morgan fingerprint density at radius 1 is 1.50 bits per heavy atom. The van der Waals surface area contributed by atoms with E-state index in [0.29, 0.717) is 11.6 Å². The van der Waals surface area contributed by atoms with Crippen molar-refractivity contribution in [2.75, 3.05) is 13.6 Å². The molecule has 0 spiro atoms. The van der Waals surface area contributed by atoms with Crippen LogP contribution < -0.4 is 0 Å². The number of hydrogen-bond acceptors (Lipinski definition) is 3. The van der Waals surface area contributed by atoms with Crippen LogP contribution in [0.1, 0.15) is 17.3 Å². The van der Waals surface area contributed by atoms with E-state index in [1.165, 1.54) is 7.05 Å². The minimum atomic E-state index is -4.02. The molecule has 1 N–H and O–H groups in total. The number of benzene rings is 1. The number of halogens is 2. The molecule has 1 rings (SSSR count). The van der Waals surface area contributed by atoms with Gasteiger partial charge in [0.1, 0.15) is 5.82 Å². The number of likely N-dealkylation sites (N-methyl/N-ethyl adjacent to an activating group) is 1. The van der Waals surface area contributed by atoms with Gasteiger partial charge in [0.05, 0.1) is 15.5 Å². The average Bonchev–Trinajstić information content (AvgIpc) is 2.30. The Morgan fingerprint density at radius 3 is 2.50 bits per heavy atom. The third kappa shape index (κ3) is 3.36. The lowest BCUT2D eigenvalue weighted by atomic mass is 10.2. The van der Waals surface area contributed by atoms with Crippen molar-refractivity contribution in [3.8, 4) is 0 Å². The third-order valence-corrected chi connectivity index (χ3v) is 4.60. The molecular formula is C12H13ClFNO4S. The quantitative estimate of drug-likeness (QED) is 0.845. The molecule has 0 radical (unpaired) electrons. The first-order chi connectivity index (χ1) is 9.07. The highest BCUT2D eigenvalue weighted by Crippen LogP contribution is 2.26. The number of carbonyl (C=O) groups is 1. The number of carboxylic acids is 1. The maximum Gasteiger partial charge on any atom is 0.337 e. The molecule has 0 aliphatic heterocycles. The molecule has 0 amide bonds. The largest absolute Gasteiger partial charge is 0.478 e. The van der Waals surface area contributed by atoms with Crippen molar-refractivity contribution in [1.82, 2.24) is 4.31 Å². The maximum absolute atomic E-state index is 13.6. The molecular weight excluding hydrogens is 309 g/mol. The van der Waals surface area contributed by atoms with E-state index in [1.54, 1.807) is 6.92 Å². The average molecular weight is 322 g/mol. The molecule has 0 atom stereocenters. The Kier molecular flexibility index (Phi) is 4.90. The minimum absolute atomic E-state index is 0.0367. The van der Waals surface area contributed by atoms with E-state index in [0.717, 1.165) is 10.4 Å². The lowest BCUT2D eigenvalue weighted by Gasteiger charge is -2.17. The van der Waals surface area contributed by atoms with Gasteiger partial charge < -0.3 is 5.11 Å². The van der Waals surface area contributed by atoms with Crippen LogP contribution in [0.4, 0.5) is 4.39 Å². The van der Waals surface area contributed by atoms with Crippen molar-refractivity contribution in [3.05, 3.63) is 40.7 Å². The van der Waals surface area contributed by atoms with Gasteiger partial charge in [0.15, 0.2) is 0 Å². The highest BCUT2D eigenvalue weighted by atomic mass is 35.5. The number of carboxylic acid groups (broad SMARTS) is 1. The van der Waals surface area contributed by atoms with Gasteiger partial charge in [-0.15, -0.1) is 0 Å². The molecule has 20 heavy (non-hydrogen) atoms. The van der Waals surface area contributed by atoms with Gasteiger partial charge in [0.25, 0.3) is 0 Å². The summed E-state index contributed by atoms with van der Waals surface area (Å²) in [5.74, 6) is -2.61. The van der Waals surface area contributed by atoms with Crippen LogP contribution in [-0.4, -0.2) is 37.4 Å². The standard InChI is InChI=1S/C12H13ClFNO4S/c1-7(2)6-15(3)20(18,19)8-4-9(12(16)17)11(13)10(14)5-8/h4-5H,1,6H2,2-3H3,(H,16,17). The first-order valence-electron chi connectivity index (χ1n) is 5.40. The van der Waals surface area contributed by atoms with Crippen LogP contribution >= 0.6 is 11.6 Å². The van der Waals surface area contributed by atoms with E-state index >= 15 is 0 Å². The number of aromatic carboxylic acids is 1. The molecule has 0 aliphatic carbocycles. The fourth-order valence-corrected chi connectivity index (χ4v) is 2.97. The second-order valence-corrected chi connectivity index (χ2v) is 6.71. The summed E-state index contributed by atoms with van der Waals surface area (Å²) in [5, 5.41) is 8.26. The van der Waals surface area contributed by atoms with Gasteiger partial charge in [0, 0.05) is 13.6 Å². The fraction of sp³-hybridized carbons (Fsp3) is 0.250. The molecule has 0 saturated carbocycles. The number of sulfonamides is 1. The monoisotopic (exact) mass is 321 g/mol. The van der Waals surface area contributed by atoms with Crippen molar-refractivity contribution < 1.29 is 22.7 Å². The second-order valence-electron chi connectivity index (χ2n) is 4.29. The van der Waals surface area contributed by atoms with Crippen molar-refractivity contribution in [1.29, 1.82) is 0 Å². The van der Waals surface area contributed by atoms with Crippen LogP contribution in [0.15, 0.2) is 29.2 Å². The van der Waals surface area contributed by atoms with Gasteiger partial charge >= 0.3 is 5.97 Å². The summed E-state index contributed by atoms with van der Waals surface area (Å²) in [6, 6.07) is 1.52. The van der Waals surface area contributed by atoms with E-state index in [4.69, 9.17) is 16.7 Å². The molecule has 1 aromatic rings. The predicted octanol–water partition coefficient (Wildman–Crippen LogP) is 2.37. The van der Waals surface area contributed by atoms with Crippen LogP contribution in [0.3, 0.4) is 0 Å². The Bertz CT molecular complexity index is 672. The van der Waals surface area contributed by atoms with Crippen molar-refractivity contribution in [2.24, 2.45) is 0 Å². The molecule has 0 aliphatic rings. The first-order valence-corrected chi connectivity index (χ1v) is 7.22. The van der Waals surface area contributed by atoms with Crippen LogP contribution in [0.25, 0.3) is 0 Å². The molecule has 110 valence electrons. The molecule has 0 saturated heterocycles. The first kappa shape index (κ1) is 16.6. The molecule has 0 fully saturated rings. The topological polar surface area (TPSA) is 74.7 Å². The second kappa shape index (κ2) is 5.90. The smallest absolute Gasteiger partial charge is 0.337 e. The summed E-state index contributed by atoms with van der Waals surface area (Å²) in [4.78, 5) is 10.5. The summed E-state index contributed by atoms with van der Waals surface area (Å²) < 4.78 is 38.9. The molecule has 0 unspecified atom stereocenters. The Hall–Kier alpha value is -1.44. The Balaban J connectivity index is 3.40. The van der Waals surface area contributed by atoms with Gasteiger partial charge in [-0.2, -0.15) is 4.31 Å². The number of rotatable bonds is 5. The fourth-order valence-electron chi connectivity index (χ4n) is 1.51.